The second-order valence-electron chi connectivity index (χ2n) is 6.65. The van der Waals surface area contributed by atoms with Crippen molar-refractivity contribution in [2.24, 2.45) is 12.8 Å². The van der Waals surface area contributed by atoms with Crippen LogP contribution in [0.2, 0.25) is 0 Å². The molecule has 1 aromatic carbocycles. The van der Waals surface area contributed by atoms with Gasteiger partial charge in [-0.1, -0.05) is 26.0 Å². The zero-order valence-corrected chi connectivity index (χ0v) is 14.3. The summed E-state index contributed by atoms with van der Waals surface area (Å²) in [4.78, 5) is 18.8. The van der Waals surface area contributed by atoms with E-state index in [9.17, 15) is 9.18 Å². The molecule has 0 fully saturated rings. The summed E-state index contributed by atoms with van der Waals surface area (Å²) in [5.74, 6) is 0.650. The predicted octanol–water partition coefficient (Wildman–Crippen LogP) is 2.27. The van der Waals surface area contributed by atoms with Gasteiger partial charge in [0.15, 0.2) is 0 Å². The average molecular weight is 330 g/mol. The van der Waals surface area contributed by atoms with Crippen LogP contribution in [0.15, 0.2) is 24.3 Å². The van der Waals surface area contributed by atoms with Crippen molar-refractivity contribution in [1.82, 2.24) is 14.5 Å². The second-order valence-corrected chi connectivity index (χ2v) is 6.65. The maximum atomic E-state index is 13.2. The van der Waals surface area contributed by atoms with Crippen molar-refractivity contribution < 1.29 is 9.18 Å². The van der Waals surface area contributed by atoms with E-state index < -0.39 is 11.9 Å². The third-order valence-electron chi connectivity index (χ3n) is 4.66. The third-order valence-corrected chi connectivity index (χ3v) is 4.66. The van der Waals surface area contributed by atoms with Gasteiger partial charge in [0.25, 0.3) is 0 Å². The number of hydrogen-bond acceptors (Lipinski definition) is 3. The van der Waals surface area contributed by atoms with Crippen LogP contribution in [0.5, 0.6) is 0 Å². The lowest BCUT2D eigenvalue weighted by Gasteiger charge is -2.32. The summed E-state index contributed by atoms with van der Waals surface area (Å²) >= 11 is 0. The third kappa shape index (κ3) is 2.94. The van der Waals surface area contributed by atoms with Crippen LogP contribution in [0.1, 0.15) is 48.6 Å². The highest BCUT2D eigenvalue weighted by molar-refractivity contribution is 5.81. The summed E-state index contributed by atoms with van der Waals surface area (Å²) in [5, 5.41) is 0. The first-order valence-electron chi connectivity index (χ1n) is 8.21. The number of rotatable bonds is 4. The smallest absolute Gasteiger partial charge is 0.239 e. The van der Waals surface area contributed by atoms with Crippen LogP contribution in [-0.4, -0.2) is 26.9 Å². The van der Waals surface area contributed by atoms with E-state index in [0.717, 1.165) is 24.5 Å². The summed E-state index contributed by atoms with van der Waals surface area (Å²) in [5.41, 5.74) is 8.58. The number of nitrogens with two attached hydrogens (primary N) is 1. The molecule has 0 saturated heterocycles. The molecule has 3 rings (SSSR count). The van der Waals surface area contributed by atoms with E-state index in [1.165, 1.54) is 17.8 Å². The summed E-state index contributed by atoms with van der Waals surface area (Å²) in [6.07, 6.45) is 0.816. The summed E-state index contributed by atoms with van der Waals surface area (Å²) in [6.45, 7) is 5.53. The van der Waals surface area contributed by atoms with E-state index in [1.807, 2.05) is 11.9 Å². The number of benzene rings is 1. The standard InChI is InChI=1S/C18H23FN4O/c1-11(2)18-21-14-10-23(9-8-15(14)22(18)3)16(17(20)24)12-4-6-13(19)7-5-12/h4-7,11,16H,8-10H2,1-3H3,(H2,20,24)/t16-/m0/s1. The van der Waals surface area contributed by atoms with Crippen LogP contribution in [-0.2, 0) is 24.8 Å². The van der Waals surface area contributed by atoms with Crippen molar-refractivity contribution in [3.05, 3.63) is 52.9 Å². The lowest BCUT2D eigenvalue weighted by atomic mass is 10.0. The van der Waals surface area contributed by atoms with Crippen molar-refractivity contribution >= 4 is 5.91 Å². The van der Waals surface area contributed by atoms with Crippen LogP contribution in [0.4, 0.5) is 4.39 Å². The van der Waals surface area contributed by atoms with Crippen molar-refractivity contribution in [3.8, 4) is 0 Å². The number of amides is 1. The van der Waals surface area contributed by atoms with E-state index >= 15 is 0 Å². The number of nitrogens with zero attached hydrogens (tertiary/aromatic N) is 3. The van der Waals surface area contributed by atoms with E-state index in [1.54, 1.807) is 12.1 Å². The highest BCUT2D eigenvalue weighted by Crippen LogP contribution is 2.29. The Kier molecular flexibility index (Phi) is 4.41. The van der Waals surface area contributed by atoms with Crippen LogP contribution in [0.25, 0.3) is 0 Å². The van der Waals surface area contributed by atoms with Crippen LogP contribution >= 0.6 is 0 Å². The fraction of sp³-hybridized carbons (Fsp3) is 0.444. The van der Waals surface area contributed by atoms with Gasteiger partial charge >= 0.3 is 0 Å². The molecule has 2 N–H and O–H groups in total. The molecule has 24 heavy (non-hydrogen) atoms. The van der Waals surface area contributed by atoms with E-state index in [4.69, 9.17) is 10.7 Å². The van der Waals surface area contributed by atoms with E-state index in [-0.39, 0.29) is 5.82 Å². The van der Waals surface area contributed by atoms with Crippen molar-refractivity contribution in [1.29, 1.82) is 0 Å². The highest BCUT2D eigenvalue weighted by Gasteiger charge is 2.31. The molecule has 1 amide bonds. The summed E-state index contributed by atoms with van der Waals surface area (Å²) < 4.78 is 15.3. The molecule has 2 aromatic rings. The van der Waals surface area contributed by atoms with Crippen molar-refractivity contribution in [3.63, 3.8) is 0 Å². The molecule has 0 spiro atoms. The fourth-order valence-electron chi connectivity index (χ4n) is 3.51. The average Bonchev–Trinajstić information content (AvgIpc) is 2.86. The summed E-state index contributed by atoms with van der Waals surface area (Å²) in [6, 6.07) is 5.40. The zero-order valence-electron chi connectivity index (χ0n) is 14.3. The molecule has 0 bridgehead atoms. The van der Waals surface area contributed by atoms with Gasteiger partial charge in [-0.15, -0.1) is 0 Å². The number of imidazole rings is 1. The van der Waals surface area contributed by atoms with Crippen LogP contribution < -0.4 is 5.73 Å². The Morgan fingerprint density at radius 2 is 1.96 bits per heavy atom. The number of hydrogen-bond donors (Lipinski definition) is 1. The first-order chi connectivity index (χ1) is 11.4. The minimum Gasteiger partial charge on any atom is -0.368 e. The van der Waals surface area contributed by atoms with Gasteiger partial charge < -0.3 is 10.3 Å². The maximum Gasteiger partial charge on any atom is 0.239 e. The molecule has 1 atom stereocenters. The van der Waals surface area contributed by atoms with Gasteiger partial charge in [0.2, 0.25) is 5.91 Å². The Hall–Kier alpha value is -2.21. The minimum atomic E-state index is -0.566. The number of carbonyl (C=O) groups is 1. The second kappa shape index (κ2) is 6.36. The molecule has 0 aliphatic carbocycles. The molecule has 1 aliphatic heterocycles. The van der Waals surface area contributed by atoms with Gasteiger partial charge in [0.05, 0.1) is 5.69 Å². The van der Waals surface area contributed by atoms with Gasteiger partial charge in [-0.05, 0) is 17.7 Å². The summed E-state index contributed by atoms with van der Waals surface area (Å²) in [7, 11) is 2.04. The largest absolute Gasteiger partial charge is 0.368 e. The molecule has 1 aliphatic rings. The first kappa shape index (κ1) is 16.6. The number of halogens is 1. The maximum absolute atomic E-state index is 13.2. The molecular formula is C18H23FN4O. The molecule has 6 heteroatoms. The van der Waals surface area contributed by atoms with Gasteiger partial charge in [0, 0.05) is 38.2 Å². The predicted molar refractivity (Wildman–Crippen MR) is 89.7 cm³/mol. The lowest BCUT2D eigenvalue weighted by Crippen LogP contribution is -2.41. The molecule has 2 heterocycles. The number of aromatic nitrogens is 2. The van der Waals surface area contributed by atoms with E-state index in [2.05, 4.69) is 18.4 Å². The topological polar surface area (TPSA) is 64.2 Å². The molecule has 128 valence electrons. The molecule has 1 aromatic heterocycles. The first-order valence-corrected chi connectivity index (χ1v) is 8.21. The quantitative estimate of drug-likeness (QED) is 0.935. The van der Waals surface area contributed by atoms with Crippen molar-refractivity contribution in [2.75, 3.05) is 6.54 Å². The van der Waals surface area contributed by atoms with Gasteiger partial charge in [-0.3, -0.25) is 9.69 Å². The Morgan fingerprint density at radius 1 is 1.29 bits per heavy atom. The Bertz CT molecular complexity index is 751. The van der Waals surface area contributed by atoms with Crippen LogP contribution in [0, 0.1) is 5.82 Å². The molecule has 0 unspecified atom stereocenters. The molecule has 0 saturated carbocycles. The molecule has 5 nitrogen and oxygen atoms in total. The fourth-order valence-corrected chi connectivity index (χ4v) is 3.51. The van der Waals surface area contributed by atoms with Crippen molar-refractivity contribution in [2.45, 2.75) is 38.8 Å². The molecular weight excluding hydrogens is 307 g/mol. The van der Waals surface area contributed by atoms with Gasteiger partial charge in [0.1, 0.15) is 17.7 Å². The Labute approximate surface area is 141 Å². The van der Waals surface area contributed by atoms with E-state index in [0.29, 0.717) is 18.0 Å². The van der Waals surface area contributed by atoms with Gasteiger partial charge in [-0.2, -0.15) is 0 Å². The number of primary amides is 1. The lowest BCUT2D eigenvalue weighted by molar-refractivity contribution is -0.123. The molecule has 0 radical (unpaired) electrons. The monoisotopic (exact) mass is 330 g/mol. The van der Waals surface area contributed by atoms with Crippen LogP contribution in [0.3, 0.4) is 0 Å². The normalized spacial score (nSPS) is 16.2. The Morgan fingerprint density at radius 3 is 2.54 bits per heavy atom. The number of fused-ring (bicyclic) bond motifs is 1. The number of carbonyl (C=O) groups excluding carboxylic acids is 1. The Balaban J connectivity index is 1.91. The zero-order chi connectivity index (χ0) is 17.4. The minimum absolute atomic E-state index is 0.325. The highest BCUT2D eigenvalue weighted by atomic mass is 19.1. The SMILES string of the molecule is CC(C)c1nc2c(n1C)CCN([C@H](C(N)=O)c1ccc(F)cc1)C2. The van der Waals surface area contributed by atoms with Gasteiger partial charge in [-0.25, -0.2) is 9.37 Å².